The molecule has 4 rings (SSSR count). The number of anilines is 3. The quantitative estimate of drug-likeness (QED) is 0.651. The van der Waals surface area contributed by atoms with Gasteiger partial charge in [-0.25, -0.2) is 9.78 Å². The predicted octanol–water partition coefficient (Wildman–Crippen LogP) is 0.659. The van der Waals surface area contributed by atoms with Crippen molar-refractivity contribution in [2.75, 3.05) is 41.7 Å². The van der Waals surface area contributed by atoms with E-state index in [0.717, 1.165) is 16.7 Å². The Morgan fingerprint density at radius 3 is 2.27 bits per heavy atom. The maximum absolute atomic E-state index is 13.3. The van der Waals surface area contributed by atoms with Crippen molar-refractivity contribution in [1.82, 2.24) is 18.5 Å². The molecule has 0 radical (unpaired) electrons. The van der Waals surface area contributed by atoms with Gasteiger partial charge >= 0.3 is 11.9 Å². The minimum atomic E-state index is -4.47. The normalized spacial score (nSPS) is 15.2. The average molecular weight is 423 g/mol. The number of imidazole rings is 1. The first-order chi connectivity index (χ1) is 14.1. The van der Waals surface area contributed by atoms with Crippen molar-refractivity contribution in [1.29, 1.82) is 0 Å². The summed E-state index contributed by atoms with van der Waals surface area (Å²) in [6.07, 6.45) is -1.63. The number of nitrogen functional groups attached to an aromatic ring is 1. The molecule has 0 aliphatic carbocycles. The van der Waals surface area contributed by atoms with Crippen LogP contribution in [-0.2, 0) is 20.3 Å². The molecule has 3 aromatic rings. The largest absolute Gasteiger partial charge is 0.416 e. The van der Waals surface area contributed by atoms with Gasteiger partial charge in [0.1, 0.15) is 23.7 Å². The number of hydrogen-bond acceptors (Lipinski definition) is 6. The Kier molecular flexibility index (Phi) is 4.51. The van der Waals surface area contributed by atoms with E-state index < -0.39 is 23.0 Å². The average Bonchev–Trinajstić information content (AvgIpc) is 3.19. The van der Waals surface area contributed by atoms with Crippen molar-refractivity contribution in [3.8, 4) is 0 Å². The number of alkyl halides is 3. The third kappa shape index (κ3) is 3.08. The number of hydrogen-bond donors (Lipinski definition) is 1. The van der Waals surface area contributed by atoms with Crippen LogP contribution in [0.1, 0.15) is 5.56 Å². The third-order valence-electron chi connectivity index (χ3n) is 5.43. The van der Waals surface area contributed by atoms with E-state index in [1.807, 2.05) is 4.90 Å². The van der Waals surface area contributed by atoms with Crippen LogP contribution in [0.25, 0.3) is 5.52 Å². The number of nitrogens with zero attached hydrogens (tertiary/aromatic N) is 6. The zero-order valence-corrected chi connectivity index (χ0v) is 16.3. The molecule has 0 amide bonds. The highest BCUT2D eigenvalue weighted by atomic mass is 19.4. The fourth-order valence-electron chi connectivity index (χ4n) is 3.72. The summed E-state index contributed by atoms with van der Waals surface area (Å²) >= 11 is 0. The summed E-state index contributed by atoms with van der Waals surface area (Å²) in [4.78, 5) is 32.1. The molecule has 9 nitrogen and oxygen atoms in total. The van der Waals surface area contributed by atoms with Crippen LogP contribution in [0.15, 0.2) is 34.2 Å². The summed E-state index contributed by atoms with van der Waals surface area (Å²) in [5.41, 5.74) is 4.81. The van der Waals surface area contributed by atoms with Crippen molar-refractivity contribution in [2.24, 2.45) is 14.1 Å². The van der Waals surface area contributed by atoms with Crippen LogP contribution in [0.3, 0.4) is 0 Å². The highest BCUT2D eigenvalue weighted by Gasteiger charge is 2.33. The summed E-state index contributed by atoms with van der Waals surface area (Å²) in [6, 6.07) is 2.16. The van der Waals surface area contributed by atoms with Gasteiger partial charge in [-0.1, -0.05) is 0 Å². The molecule has 1 fully saturated rings. The van der Waals surface area contributed by atoms with E-state index >= 15 is 0 Å². The number of halogens is 3. The maximum Gasteiger partial charge on any atom is 0.416 e. The second-order valence-corrected chi connectivity index (χ2v) is 7.20. The SMILES string of the molecule is Cn1c(N)c(N2CCN(c3cc(C(F)(F)F)cc4cncn34)CC2)c(=O)n(C)c1=O. The van der Waals surface area contributed by atoms with E-state index in [1.165, 1.54) is 31.2 Å². The van der Waals surface area contributed by atoms with Gasteiger partial charge in [-0.15, -0.1) is 0 Å². The van der Waals surface area contributed by atoms with Crippen LogP contribution in [0, 0.1) is 0 Å². The molecule has 0 saturated carbocycles. The number of nitrogens with two attached hydrogens (primary N) is 1. The zero-order valence-electron chi connectivity index (χ0n) is 16.3. The Morgan fingerprint density at radius 2 is 1.63 bits per heavy atom. The highest BCUT2D eigenvalue weighted by molar-refractivity contribution is 5.64. The molecule has 3 aromatic heterocycles. The van der Waals surface area contributed by atoms with E-state index in [-0.39, 0.29) is 11.5 Å². The lowest BCUT2D eigenvalue weighted by Crippen LogP contribution is -2.51. The van der Waals surface area contributed by atoms with Crippen LogP contribution in [0.2, 0.25) is 0 Å². The van der Waals surface area contributed by atoms with Gasteiger partial charge in [0.2, 0.25) is 0 Å². The van der Waals surface area contributed by atoms with Gasteiger partial charge in [0.25, 0.3) is 5.56 Å². The minimum Gasteiger partial charge on any atom is -0.383 e. The number of rotatable bonds is 2. The van der Waals surface area contributed by atoms with E-state index in [2.05, 4.69) is 4.98 Å². The van der Waals surface area contributed by atoms with Gasteiger partial charge < -0.3 is 15.5 Å². The Labute approximate surface area is 168 Å². The molecule has 1 saturated heterocycles. The van der Waals surface area contributed by atoms with Gasteiger partial charge in [0.05, 0.1) is 17.3 Å². The molecule has 0 bridgehead atoms. The lowest BCUT2D eigenvalue weighted by atomic mass is 10.2. The predicted molar refractivity (Wildman–Crippen MR) is 106 cm³/mol. The topological polar surface area (TPSA) is 93.8 Å². The summed E-state index contributed by atoms with van der Waals surface area (Å²) in [5, 5.41) is 0. The summed E-state index contributed by atoms with van der Waals surface area (Å²) < 4.78 is 43.7. The lowest BCUT2D eigenvalue weighted by molar-refractivity contribution is -0.137. The summed E-state index contributed by atoms with van der Waals surface area (Å²) in [7, 11) is 2.86. The van der Waals surface area contributed by atoms with Gasteiger partial charge in [0.15, 0.2) is 0 Å². The number of aromatic nitrogens is 4. The van der Waals surface area contributed by atoms with E-state index in [4.69, 9.17) is 5.73 Å². The molecule has 0 aromatic carbocycles. The number of fused-ring (bicyclic) bond motifs is 1. The molecule has 12 heteroatoms. The fourth-order valence-corrected chi connectivity index (χ4v) is 3.72. The second kappa shape index (κ2) is 6.82. The highest BCUT2D eigenvalue weighted by Crippen LogP contribution is 2.33. The monoisotopic (exact) mass is 423 g/mol. The Morgan fingerprint density at radius 1 is 1.00 bits per heavy atom. The van der Waals surface area contributed by atoms with Gasteiger partial charge in [0, 0.05) is 40.3 Å². The van der Waals surface area contributed by atoms with E-state index in [1.54, 1.807) is 9.30 Å². The molecule has 0 unspecified atom stereocenters. The fraction of sp³-hybridized carbons (Fsp3) is 0.389. The molecule has 30 heavy (non-hydrogen) atoms. The van der Waals surface area contributed by atoms with Gasteiger partial charge in [-0.05, 0) is 12.1 Å². The standard InChI is InChI=1S/C18H20F3N7O2/c1-24-15(22)14(16(29)25(2)17(24)30)27-5-3-26(4-6-27)13-8-11(18(19,20)21)7-12-9-23-10-28(12)13/h7-10H,3-6,22H2,1-2H3. The second-order valence-electron chi connectivity index (χ2n) is 7.20. The molecular formula is C18H20F3N7O2. The van der Waals surface area contributed by atoms with Crippen LogP contribution in [-0.4, -0.2) is 44.7 Å². The Bertz CT molecular complexity index is 1230. The Hall–Kier alpha value is -3.44. The third-order valence-corrected chi connectivity index (χ3v) is 5.43. The van der Waals surface area contributed by atoms with Crippen molar-refractivity contribution < 1.29 is 13.2 Å². The van der Waals surface area contributed by atoms with E-state index in [0.29, 0.717) is 37.5 Å². The van der Waals surface area contributed by atoms with Crippen LogP contribution >= 0.6 is 0 Å². The molecule has 4 heterocycles. The first-order valence-electron chi connectivity index (χ1n) is 9.18. The lowest BCUT2D eigenvalue weighted by Gasteiger charge is -2.37. The summed E-state index contributed by atoms with van der Waals surface area (Å²) in [6.45, 7) is 1.42. The van der Waals surface area contributed by atoms with Crippen LogP contribution < -0.4 is 26.8 Å². The van der Waals surface area contributed by atoms with Crippen molar-refractivity contribution in [2.45, 2.75) is 6.18 Å². The van der Waals surface area contributed by atoms with Crippen LogP contribution in [0.4, 0.5) is 30.5 Å². The van der Waals surface area contributed by atoms with E-state index in [9.17, 15) is 22.8 Å². The zero-order chi connectivity index (χ0) is 21.8. The minimum absolute atomic E-state index is 0.0626. The number of pyridine rings is 1. The smallest absolute Gasteiger partial charge is 0.383 e. The molecule has 0 atom stereocenters. The molecule has 160 valence electrons. The molecule has 1 aliphatic heterocycles. The first kappa shape index (κ1) is 19.9. The first-order valence-corrected chi connectivity index (χ1v) is 9.18. The molecule has 2 N–H and O–H groups in total. The van der Waals surface area contributed by atoms with Crippen molar-refractivity contribution >= 4 is 22.8 Å². The van der Waals surface area contributed by atoms with Crippen molar-refractivity contribution in [3.63, 3.8) is 0 Å². The molecule has 1 aliphatic rings. The molecule has 0 spiro atoms. The number of piperazine rings is 1. The van der Waals surface area contributed by atoms with Crippen molar-refractivity contribution in [3.05, 3.63) is 51.1 Å². The Balaban J connectivity index is 1.66. The maximum atomic E-state index is 13.3. The van der Waals surface area contributed by atoms with Crippen LogP contribution in [0.5, 0.6) is 0 Å². The summed E-state index contributed by atoms with van der Waals surface area (Å²) in [5.74, 6) is 0.436. The molecular weight excluding hydrogens is 403 g/mol. The van der Waals surface area contributed by atoms with Gasteiger partial charge in [-0.3, -0.25) is 18.3 Å². The van der Waals surface area contributed by atoms with Gasteiger partial charge in [-0.2, -0.15) is 13.2 Å².